The number of fused-ring (bicyclic) bond motifs is 1. The molecule has 0 saturated heterocycles. The fourth-order valence-corrected chi connectivity index (χ4v) is 18.0. The minimum atomic E-state index is -2.80. The summed E-state index contributed by atoms with van der Waals surface area (Å²) in [7, 11) is -4.19. The van der Waals surface area contributed by atoms with Crippen molar-refractivity contribution in [2.75, 3.05) is 12.9 Å². The van der Waals surface area contributed by atoms with E-state index in [2.05, 4.69) is 4.99 Å². The number of aliphatic imine (C=N–C) groups is 1. The number of carbonyl (C=O) groups excluding carboxylic acids is 2. The third-order valence-corrected chi connectivity index (χ3v) is 19.4. The molecule has 36 heavy (non-hydrogen) atoms. The minimum Gasteiger partial charge on any atom is -0.483 e. The Hall–Kier alpha value is -1.16. The summed E-state index contributed by atoms with van der Waals surface area (Å²) in [4.78, 5) is 30.6. The van der Waals surface area contributed by atoms with E-state index in [0.717, 1.165) is 11.8 Å². The predicted molar refractivity (Wildman–Crippen MR) is 155 cm³/mol. The Morgan fingerprint density at radius 3 is 1.92 bits per heavy atom. The van der Waals surface area contributed by atoms with Gasteiger partial charge in [-0.3, -0.25) is 9.59 Å². The zero-order chi connectivity index (χ0) is 27.4. The van der Waals surface area contributed by atoms with Crippen molar-refractivity contribution in [2.24, 2.45) is 10.9 Å². The van der Waals surface area contributed by atoms with E-state index < -0.39 is 20.2 Å². The normalized spacial score (nSPS) is 16.8. The van der Waals surface area contributed by atoms with Crippen molar-refractivity contribution in [1.82, 2.24) is 0 Å². The van der Waals surface area contributed by atoms with Gasteiger partial charge in [-0.15, -0.1) is 0 Å². The van der Waals surface area contributed by atoms with Crippen molar-refractivity contribution in [1.29, 1.82) is 0 Å². The lowest BCUT2D eigenvalue weighted by atomic mass is 9.94. The van der Waals surface area contributed by atoms with Gasteiger partial charge in [-0.1, -0.05) is 79.3 Å². The van der Waals surface area contributed by atoms with Crippen LogP contribution in [0.4, 0.5) is 5.69 Å². The van der Waals surface area contributed by atoms with Gasteiger partial charge < -0.3 is 13.9 Å². The zero-order valence-corrected chi connectivity index (χ0v) is 25.8. The molecule has 0 fully saturated rings. The lowest BCUT2D eigenvalue weighted by Gasteiger charge is -2.42. The van der Waals surface area contributed by atoms with Gasteiger partial charge in [-0.2, -0.15) is 0 Å². The molecule has 1 aromatic rings. The molecule has 0 spiro atoms. The fourth-order valence-electron chi connectivity index (χ4n) is 5.38. The molecule has 1 aromatic carbocycles. The minimum absolute atomic E-state index is 0.0667. The van der Waals surface area contributed by atoms with Crippen molar-refractivity contribution in [3.8, 4) is 0 Å². The highest BCUT2D eigenvalue weighted by Gasteiger charge is 2.51. The first-order chi connectivity index (χ1) is 16.7. The number of carbonyl (C=O) groups is 2. The van der Waals surface area contributed by atoms with Crippen LogP contribution in [0.2, 0.25) is 0 Å². The summed E-state index contributed by atoms with van der Waals surface area (Å²) >= 11 is 1.08. The number of ketones is 1. The van der Waals surface area contributed by atoms with Crippen LogP contribution in [-0.4, -0.2) is 57.7 Å². The van der Waals surface area contributed by atoms with Crippen LogP contribution in [-0.2, 0) is 18.7 Å². The van der Waals surface area contributed by atoms with Crippen LogP contribution < -0.4 is 0 Å². The molecule has 1 heterocycles. The second-order valence-electron chi connectivity index (χ2n) is 10.7. The number of thioether (sulfide) groups is 1. The van der Waals surface area contributed by atoms with Crippen molar-refractivity contribution in [2.45, 2.75) is 96.3 Å². The van der Waals surface area contributed by atoms with Gasteiger partial charge in [0.25, 0.3) is 0 Å². The molecule has 9 heteroatoms. The third-order valence-electron chi connectivity index (χ3n) is 7.37. The van der Waals surface area contributed by atoms with Gasteiger partial charge in [-0.25, -0.2) is 4.99 Å². The summed E-state index contributed by atoms with van der Waals surface area (Å²) < 4.78 is 34.2. The number of nitrogens with zero attached hydrogens (tertiary/aromatic N) is 1. The van der Waals surface area contributed by atoms with Gasteiger partial charge in [0.05, 0.1) is 18.2 Å². The second kappa shape index (κ2) is 12.6. The average Bonchev–Trinajstić information content (AvgIpc) is 2.82. The molecule has 0 bridgehead atoms. The first kappa shape index (κ1) is 31.1. The molecule has 0 aliphatic carbocycles. The summed E-state index contributed by atoms with van der Waals surface area (Å²) in [6, 6.07) is 6.94. The monoisotopic (exact) mass is 555 g/mol. The van der Waals surface area contributed by atoms with E-state index in [1.165, 1.54) is 7.11 Å². The van der Waals surface area contributed by atoms with E-state index in [1.807, 2.05) is 55.4 Å². The standard InChI is InChI=1S/C27H43NO5P2S/c1-17(2)34(31,18(3)4)23(35(32,19(5)6)20(7)8)15-12-16-36-27(30)24-25(29)21-13-10-11-14-22(21)28-26(24)33-9/h10-11,13-14,17-20,23-24H,12,15-16H2,1-9H3. The van der Waals surface area contributed by atoms with Gasteiger partial charge in [0, 0.05) is 34.0 Å². The molecule has 0 saturated carbocycles. The Morgan fingerprint density at radius 2 is 1.44 bits per heavy atom. The summed E-state index contributed by atoms with van der Waals surface area (Å²) in [5.41, 5.74) is 0.659. The molecule has 6 nitrogen and oxygen atoms in total. The second-order valence-corrected chi connectivity index (χ2v) is 20.6. The lowest BCUT2D eigenvalue weighted by Crippen LogP contribution is -2.34. The van der Waals surface area contributed by atoms with E-state index in [1.54, 1.807) is 24.3 Å². The molecular formula is C27H43NO5P2S. The molecule has 202 valence electrons. The summed E-state index contributed by atoms with van der Waals surface area (Å²) in [5, 5.41) is -0.682. The number of ether oxygens (including phenoxy) is 1. The maximum Gasteiger partial charge on any atom is 0.209 e. The van der Waals surface area contributed by atoms with Gasteiger partial charge in [0.15, 0.2) is 11.7 Å². The van der Waals surface area contributed by atoms with Crippen LogP contribution in [0.3, 0.4) is 0 Å². The largest absolute Gasteiger partial charge is 0.483 e. The Kier molecular flexibility index (Phi) is 10.9. The Labute approximate surface area is 221 Å². The van der Waals surface area contributed by atoms with Crippen LogP contribution in [0.15, 0.2) is 29.3 Å². The summed E-state index contributed by atoms with van der Waals surface area (Å²) in [6.07, 6.45) is 1.12. The van der Waals surface area contributed by atoms with Crippen LogP contribution in [0.1, 0.15) is 78.6 Å². The maximum atomic E-state index is 14.5. The highest BCUT2D eigenvalue weighted by Crippen LogP contribution is 2.76. The Bertz CT molecular complexity index is 1020. The van der Waals surface area contributed by atoms with Crippen LogP contribution in [0, 0.1) is 5.92 Å². The molecule has 1 aliphatic rings. The number of hydrogen-bond acceptors (Lipinski definition) is 7. The summed E-state index contributed by atoms with van der Waals surface area (Å²) in [6.45, 7) is 15.9. The quantitative estimate of drug-likeness (QED) is 0.157. The van der Waals surface area contributed by atoms with Gasteiger partial charge in [0.2, 0.25) is 11.0 Å². The Balaban J connectivity index is 2.23. The molecule has 0 N–H and O–H groups in total. The van der Waals surface area contributed by atoms with E-state index in [0.29, 0.717) is 29.8 Å². The van der Waals surface area contributed by atoms with E-state index in [4.69, 9.17) is 4.74 Å². The molecule has 1 atom stereocenters. The van der Waals surface area contributed by atoms with Gasteiger partial charge >= 0.3 is 0 Å². The number of rotatable bonds is 11. The highest BCUT2D eigenvalue weighted by molar-refractivity contribution is 8.13. The number of hydrogen-bond donors (Lipinski definition) is 0. The van der Waals surface area contributed by atoms with E-state index in [9.17, 15) is 18.7 Å². The van der Waals surface area contributed by atoms with Crippen molar-refractivity contribution < 1.29 is 23.5 Å². The Morgan fingerprint density at radius 1 is 0.944 bits per heavy atom. The average molecular weight is 556 g/mol. The van der Waals surface area contributed by atoms with Crippen LogP contribution in [0.5, 0.6) is 0 Å². The smallest absolute Gasteiger partial charge is 0.209 e. The highest BCUT2D eigenvalue weighted by atomic mass is 32.2. The molecule has 1 unspecified atom stereocenters. The zero-order valence-electron chi connectivity index (χ0n) is 23.2. The SMILES string of the molecule is COC1=Nc2ccccc2C(=O)C1C(=O)SCCCC(P(=O)(C(C)C)C(C)C)P(=O)(C(C)C)C(C)C. The molecule has 0 amide bonds. The number of benzene rings is 1. The van der Waals surface area contributed by atoms with Crippen molar-refractivity contribution in [3.63, 3.8) is 0 Å². The first-order valence-electron chi connectivity index (χ1n) is 12.8. The third kappa shape index (κ3) is 5.94. The van der Waals surface area contributed by atoms with Crippen molar-refractivity contribution >= 4 is 48.5 Å². The van der Waals surface area contributed by atoms with Gasteiger partial charge in [-0.05, 0) is 25.0 Å². The fraction of sp³-hybridized carbons (Fsp3) is 0.667. The number of Topliss-reactive ketones (excluding diaryl/α,β-unsaturated/α-hetero) is 1. The first-order valence-corrected chi connectivity index (χ1v) is 17.7. The summed E-state index contributed by atoms with van der Waals surface area (Å²) in [5.74, 6) is -0.812. The van der Waals surface area contributed by atoms with Crippen LogP contribution >= 0.6 is 26.0 Å². The molecule has 1 aliphatic heterocycles. The predicted octanol–water partition coefficient (Wildman–Crippen LogP) is 7.90. The number of methoxy groups -OCH3 is 1. The van der Waals surface area contributed by atoms with E-state index >= 15 is 0 Å². The molecular weight excluding hydrogens is 512 g/mol. The molecule has 0 aromatic heterocycles. The van der Waals surface area contributed by atoms with E-state index in [-0.39, 0.29) is 44.8 Å². The van der Waals surface area contributed by atoms with Gasteiger partial charge in [0.1, 0.15) is 14.3 Å². The van der Waals surface area contributed by atoms with Crippen molar-refractivity contribution in [3.05, 3.63) is 29.8 Å². The maximum absolute atomic E-state index is 14.5. The van der Waals surface area contributed by atoms with Crippen LogP contribution in [0.25, 0.3) is 0 Å². The topological polar surface area (TPSA) is 89.9 Å². The number of para-hydroxylation sites is 1. The molecule has 2 rings (SSSR count). The molecule has 0 radical (unpaired) electrons. The lowest BCUT2D eigenvalue weighted by molar-refractivity contribution is -0.112.